The molecule has 0 aliphatic rings. The molecule has 0 fully saturated rings. The third-order valence-corrected chi connectivity index (χ3v) is 3.86. The van der Waals surface area contributed by atoms with Crippen molar-refractivity contribution in [3.05, 3.63) is 65.7 Å². The molecule has 0 radical (unpaired) electrons. The van der Waals surface area contributed by atoms with Crippen molar-refractivity contribution in [1.82, 2.24) is 5.32 Å². The molecule has 22 heavy (non-hydrogen) atoms. The highest BCUT2D eigenvalue weighted by Crippen LogP contribution is 2.19. The van der Waals surface area contributed by atoms with Crippen LogP contribution in [0, 0.1) is 0 Å². The van der Waals surface area contributed by atoms with E-state index in [0.717, 1.165) is 19.4 Å². The van der Waals surface area contributed by atoms with Crippen molar-refractivity contribution >= 4 is 5.69 Å². The first-order chi connectivity index (χ1) is 10.7. The zero-order valence-electron chi connectivity index (χ0n) is 13.5. The van der Waals surface area contributed by atoms with E-state index >= 15 is 0 Å². The minimum absolute atomic E-state index is 0.239. The first-order valence-corrected chi connectivity index (χ1v) is 7.86. The van der Waals surface area contributed by atoms with Gasteiger partial charge in [-0.3, -0.25) is 0 Å². The maximum atomic E-state index is 9.10. The minimum Gasteiger partial charge on any atom is -0.396 e. The first-order valence-electron chi connectivity index (χ1n) is 7.86. The van der Waals surface area contributed by atoms with E-state index in [-0.39, 0.29) is 12.6 Å². The van der Waals surface area contributed by atoms with Crippen LogP contribution in [0.2, 0.25) is 0 Å². The summed E-state index contributed by atoms with van der Waals surface area (Å²) >= 11 is 0. The topological polar surface area (TPSA) is 35.5 Å². The van der Waals surface area contributed by atoms with Crippen molar-refractivity contribution in [2.75, 3.05) is 25.6 Å². The van der Waals surface area contributed by atoms with Crippen LogP contribution in [0.5, 0.6) is 0 Å². The molecular weight excluding hydrogens is 272 g/mol. The third kappa shape index (κ3) is 4.86. The standard InChI is InChI=1S/C19H26N2O/c1-21(2)18-12-10-16(11-13-18)15-20-19(9-6-14-22)17-7-4-3-5-8-17/h3-5,7-8,10-13,19-20,22H,6,9,14-15H2,1-2H3. The lowest BCUT2D eigenvalue weighted by Gasteiger charge is -2.19. The Kier molecular flexibility index (Phi) is 6.44. The van der Waals surface area contributed by atoms with Crippen LogP contribution < -0.4 is 10.2 Å². The molecule has 0 saturated carbocycles. The van der Waals surface area contributed by atoms with Gasteiger partial charge in [-0.1, -0.05) is 42.5 Å². The van der Waals surface area contributed by atoms with Crippen molar-refractivity contribution in [2.24, 2.45) is 0 Å². The van der Waals surface area contributed by atoms with E-state index in [1.165, 1.54) is 16.8 Å². The van der Waals surface area contributed by atoms with Gasteiger partial charge in [-0.15, -0.1) is 0 Å². The molecule has 3 heteroatoms. The Balaban J connectivity index is 1.98. The van der Waals surface area contributed by atoms with Gasteiger partial charge >= 0.3 is 0 Å². The molecular formula is C19H26N2O. The predicted molar refractivity (Wildman–Crippen MR) is 93.1 cm³/mol. The quantitative estimate of drug-likeness (QED) is 0.784. The summed E-state index contributed by atoms with van der Waals surface area (Å²) in [5.74, 6) is 0. The predicted octanol–water partition coefficient (Wildman–Crippen LogP) is 3.36. The van der Waals surface area contributed by atoms with Crippen molar-refractivity contribution in [2.45, 2.75) is 25.4 Å². The summed E-state index contributed by atoms with van der Waals surface area (Å²) in [4.78, 5) is 2.10. The highest BCUT2D eigenvalue weighted by molar-refractivity contribution is 5.46. The van der Waals surface area contributed by atoms with Gasteiger partial charge in [0.05, 0.1) is 0 Å². The zero-order valence-corrected chi connectivity index (χ0v) is 13.5. The molecule has 0 spiro atoms. The maximum absolute atomic E-state index is 9.10. The minimum atomic E-state index is 0.239. The van der Waals surface area contributed by atoms with Crippen LogP contribution >= 0.6 is 0 Å². The Labute approximate surface area is 133 Å². The molecule has 2 N–H and O–H groups in total. The number of nitrogens with zero attached hydrogens (tertiary/aromatic N) is 1. The zero-order chi connectivity index (χ0) is 15.8. The highest BCUT2D eigenvalue weighted by atomic mass is 16.2. The van der Waals surface area contributed by atoms with Crippen LogP contribution in [0.25, 0.3) is 0 Å². The van der Waals surface area contributed by atoms with E-state index in [9.17, 15) is 0 Å². The van der Waals surface area contributed by atoms with Crippen molar-refractivity contribution in [3.8, 4) is 0 Å². The number of hydrogen-bond acceptors (Lipinski definition) is 3. The molecule has 0 heterocycles. The third-order valence-electron chi connectivity index (χ3n) is 3.86. The molecule has 2 rings (SSSR count). The second-order valence-corrected chi connectivity index (χ2v) is 5.77. The molecule has 2 aromatic carbocycles. The lowest BCUT2D eigenvalue weighted by molar-refractivity contribution is 0.275. The van der Waals surface area contributed by atoms with Gasteiger partial charge in [0, 0.05) is 39.0 Å². The largest absolute Gasteiger partial charge is 0.396 e. The highest BCUT2D eigenvalue weighted by Gasteiger charge is 2.10. The Morgan fingerprint density at radius 1 is 1.00 bits per heavy atom. The van der Waals surface area contributed by atoms with Gasteiger partial charge in [-0.2, -0.15) is 0 Å². The second-order valence-electron chi connectivity index (χ2n) is 5.77. The van der Waals surface area contributed by atoms with Gasteiger partial charge in [-0.05, 0) is 36.1 Å². The summed E-state index contributed by atoms with van der Waals surface area (Å²) in [6.45, 7) is 1.07. The number of nitrogens with one attached hydrogen (secondary N) is 1. The van der Waals surface area contributed by atoms with E-state index in [1.54, 1.807) is 0 Å². The Bertz CT molecular complexity index is 537. The van der Waals surface area contributed by atoms with Crippen molar-refractivity contribution < 1.29 is 5.11 Å². The molecule has 1 unspecified atom stereocenters. The molecule has 0 amide bonds. The van der Waals surface area contributed by atoms with E-state index in [2.05, 4.69) is 58.7 Å². The van der Waals surface area contributed by atoms with Gasteiger partial charge in [0.15, 0.2) is 0 Å². The molecule has 3 nitrogen and oxygen atoms in total. The lowest BCUT2D eigenvalue weighted by Crippen LogP contribution is -2.21. The monoisotopic (exact) mass is 298 g/mol. The fourth-order valence-electron chi connectivity index (χ4n) is 2.52. The number of benzene rings is 2. The van der Waals surface area contributed by atoms with Crippen LogP contribution in [0.4, 0.5) is 5.69 Å². The summed E-state index contributed by atoms with van der Waals surface area (Å²) < 4.78 is 0. The summed E-state index contributed by atoms with van der Waals surface area (Å²) in [6, 6.07) is 19.3. The lowest BCUT2D eigenvalue weighted by atomic mass is 10.0. The molecule has 0 bridgehead atoms. The molecule has 1 atom stereocenters. The average molecular weight is 298 g/mol. The van der Waals surface area contributed by atoms with Gasteiger partial charge in [0.25, 0.3) is 0 Å². The van der Waals surface area contributed by atoms with E-state index in [4.69, 9.17) is 5.11 Å². The van der Waals surface area contributed by atoms with E-state index in [0.29, 0.717) is 0 Å². The maximum Gasteiger partial charge on any atom is 0.0431 e. The smallest absolute Gasteiger partial charge is 0.0431 e. The molecule has 0 aliphatic heterocycles. The molecule has 0 aromatic heterocycles. The Hall–Kier alpha value is -1.84. The molecule has 2 aromatic rings. The van der Waals surface area contributed by atoms with Crippen LogP contribution in [0.3, 0.4) is 0 Å². The number of hydrogen-bond donors (Lipinski definition) is 2. The van der Waals surface area contributed by atoms with Crippen molar-refractivity contribution in [3.63, 3.8) is 0 Å². The van der Waals surface area contributed by atoms with Crippen LogP contribution in [-0.2, 0) is 6.54 Å². The number of aliphatic hydroxyl groups is 1. The number of rotatable bonds is 8. The normalized spacial score (nSPS) is 12.1. The van der Waals surface area contributed by atoms with E-state index in [1.807, 2.05) is 20.2 Å². The Morgan fingerprint density at radius 3 is 2.27 bits per heavy atom. The number of anilines is 1. The summed E-state index contributed by atoms with van der Waals surface area (Å²) in [7, 11) is 4.10. The Morgan fingerprint density at radius 2 is 1.68 bits per heavy atom. The molecule has 0 saturated heterocycles. The summed E-state index contributed by atoms with van der Waals surface area (Å²) in [5.41, 5.74) is 3.76. The van der Waals surface area contributed by atoms with Gasteiger partial charge in [0.1, 0.15) is 0 Å². The van der Waals surface area contributed by atoms with Gasteiger partial charge in [0.2, 0.25) is 0 Å². The van der Waals surface area contributed by atoms with Crippen LogP contribution in [0.15, 0.2) is 54.6 Å². The fourth-order valence-corrected chi connectivity index (χ4v) is 2.52. The molecule has 0 aliphatic carbocycles. The fraction of sp³-hybridized carbons (Fsp3) is 0.368. The van der Waals surface area contributed by atoms with E-state index < -0.39 is 0 Å². The van der Waals surface area contributed by atoms with Crippen LogP contribution in [0.1, 0.15) is 30.0 Å². The summed E-state index contributed by atoms with van der Waals surface area (Å²) in [6.07, 6.45) is 1.75. The van der Waals surface area contributed by atoms with Crippen molar-refractivity contribution in [1.29, 1.82) is 0 Å². The summed E-state index contributed by atoms with van der Waals surface area (Å²) in [5, 5.41) is 12.7. The van der Waals surface area contributed by atoms with Gasteiger partial charge < -0.3 is 15.3 Å². The average Bonchev–Trinajstić information content (AvgIpc) is 2.56. The number of aliphatic hydroxyl groups excluding tert-OH is 1. The van der Waals surface area contributed by atoms with Crippen LogP contribution in [-0.4, -0.2) is 25.8 Å². The second kappa shape index (κ2) is 8.57. The van der Waals surface area contributed by atoms with Gasteiger partial charge in [-0.25, -0.2) is 0 Å². The first kappa shape index (κ1) is 16.5. The molecule has 118 valence electrons. The SMILES string of the molecule is CN(C)c1ccc(CNC(CCCO)c2ccccc2)cc1.